The summed E-state index contributed by atoms with van der Waals surface area (Å²) in [5, 5.41) is 3.20. The van der Waals surface area contributed by atoms with Crippen molar-refractivity contribution in [1.82, 2.24) is 0 Å². The van der Waals surface area contributed by atoms with Crippen LogP contribution in [0, 0.1) is 82.9 Å². The number of hydrogen-bond donors (Lipinski definition) is 0. The van der Waals surface area contributed by atoms with Crippen LogP contribution >= 0.6 is 47.0 Å². The van der Waals surface area contributed by atoms with Gasteiger partial charge in [0, 0.05) is 51.8 Å². The molecule has 12 heteroatoms. The zero-order chi connectivity index (χ0) is 49.6. The van der Waals surface area contributed by atoms with Crippen LogP contribution in [0.5, 0.6) is 11.5 Å². The maximum atomic E-state index is 12.8. The maximum absolute atomic E-state index is 12.8. The van der Waals surface area contributed by atoms with Gasteiger partial charge in [0.15, 0.2) is 5.12 Å². The van der Waals surface area contributed by atoms with Gasteiger partial charge in [0.1, 0.15) is 11.5 Å². The number of thioether (sulfide) groups is 4. The average molecular weight is 1050 g/mol. The Hall–Kier alpha value is -2.28. The second-order valence-electron chi connectivity index (χ2n) is 24.0. The molecular formula is C59H80O8S4. The van der Waals surface area contributed by atoms with Crippen molar-refractivity contribution in [1.29, 1.82) is 0 Å². The Bertz CT molecular complexity index is 2200. The van der Waals surface area contributed by atoms with Gasteiger partial charge in [0.05, 0.1) is 33.2 Å². The first-order valence-electron chi connectivity index (χ1n) is 27.4. The second kappa shape index (κ2) is 22.5. The Morgan fingerprint density at radius 2 is 1.06 bits per heavy atom. The summed E-state index contributed by atoms with van der Waals surface area (Å²) >= 11 is 7.79. The largest absolute Gasteiger partial charge is 0.497 e. The quantitative estimate of drug-likeness (QED) is 0.105. The monoisotopic (exact) mass is 1040 g/mol. The number of carbonyl (C=O) groups is 4. The third-order valence-electron chi connectivity index (χ3n) is 19.9. The van der Waals surface area contributed by atoms with E-state index in [-0.39, 0.29) is 28.4 Å². The van der Waals surface area contributed by atoms with E-state index in [1.807, 2.05) is 48.2 Å². The summed E-state index contributed by atoms with van der Waals surface area (Å²) in [6.07, 6.45) is 19.3. The van der Waals surface area contributed by atoms with E-state index < -0.39 is 0 Å². The number of benzene rings is 2. The average Bonchev–Trinajstić information content (AvgIpc) is 4.21. The van der Waals surface area contributed by atoms with Crippen molar-refractivity contribution in [3.05, 3.63) is 59.7 Å². The van der Waals surface area contributed by atoms with Crippen molar-refractivity contribution >= 4 is 70.1 Å². The van der Waals surface area contributed by atoms with E-state index in [1.54, 1.807) is 25.8 Å². The minimum Gasteiger partial charge on any atom is -0.497 e. The summed E-state index contributed by atoms with van der Waals surface area (Å²) in [5.74, 6) is 14.2. The first kappa shape index (κ1) is 52.2. The van der Waals surface area contributed by atoms with Gasteiger partial charge >= 0.3 is 17.9 Å². The number of ether oxygens (including phenoxy) is 4. The molecular weight excluding hydrogens is 965 g/mol. The van der Waals surface area contributed by atoms with Gasteiger partial charge < -0.3 is 18.9 Å². The van der Waals surface area contributed by atoms with Crippen LogP contribution in [-0.2, 0) is 34.1 Å². The third kappa shape index (κ3) is 11.5. The molecule has 0 N–H and O–H groups in total. The van der Waals surface area contributed by atoms with Gasteiger partial charge in [-0.25, -0.2) is 0 Å². The lowest BCUT2D eigenvalue weighted by atomic mass is 9.76. The van der Waals surface area contributed by atoms with Crippen LogP contribution in [0.3, 0.4) is 0 Å². The zero-order valence-electron chi connectivity index (χ0n) is 43.1. The van der Waals surface area contributed by atoms with E-state index >= 15 is 0 Å². The molecule has 9 aliphatic rings. The minimum absolute atomic E-state index is 0.00701. The standard InChI is InChI=1S/C41H60O5S4.C18H20O3/c1-21(42)50-28-17-32-25-12-37(35(32)18-28)39(14-25)49-6-4-40(43)45-19-22-7-29-23-9-26(30(10-23)33(29)8-22)20-46-41(44)3-5-48-27-15-31-24-11-36(34(31)16-27)38(13-24)47-2;1-13(19)21-17-11-7-15(8-12-17)18(2,3)14-5-9-16(20-4)10-6-14/h22-39H,3-20H2,1-2H3;5-12H,1-4H3. The number of carbonyl (C=O) groups excluding carboxylic acids is 4. The first-order chi connectivity index (χ1) is 34.2. The lowest BCUT2D eigenvalue weighted by Crippen LogP contribution is -2.28. The van der Waals surface area contributed by atoms with E-state index in [0.29, 0.717) is 60.1 Å². The molecule has 6 bridgehead atoms. The number of hydrogen-bond acceptors (Lipinski definition) is 12. The van der Waals surface area contributed by atoms with Crippen molar-refractivity contribution in [3.8, 4) is 11.5 Å². The first-order valence-corrected chi connectivity index (χ1v) is 31.7. The molecule has 71 heavy (non-hydrogen) atoms. The van der Waals surface area contributed by atoms with Crippen LogP contribution in [-0.4, -0.2) is 82.1 Å². The molecule has 0 radical (unpaired) electrons. The molecule has 18 unspecified atom stereocenters. The highest BCUT2D eigenvalue weighted by Crippen LogP contribution is 2.65. The third-order valence-corrected chi connectivity index (χ3v) is 24.9. The molecule has 9 saturated carbocycles. The topological polar surface area (TPSA) is 105 Å². The zero-order valence-corrected chi connectivity index (χ0v) is 46.4. The van der Waals surface area contributed by atoms with Crippen molar-refractivity contribution in [2.75, 3.05) is 38.1 Å². The van der Waals surface area contributed by atoms with Crippen LogP contribution in [0.2, 0.25) is 0 Å². The van der Waals surface area contributed by atoms with Crippen LogP contribution in [0.15, 0.2) is 48.5 Å². The van der Waals surface area contributed by atoms with E-state index in [0.717, 1.165) is 98.4 Å². The van der Waals surface area contributed by atoms with Crippen molar-refractivity contribution in [2.45, 2.75) is 144 Å². The molecule has 0 heterocycles. The summed E-state index contributed by atoms with van der Waals surface area (Å²) in [7, 11) is 1.66. The highest BCUT2D eigenvalue weighted by Gasteiger charge is 2.58. The summed E-state index contributed by atoms with van der Waals surface area (Å²) in [6, 6.07) is 15.7. The van der Waals surface area contributed by atoms with E-state index in [4.69, 9.17) is 18.9 Å². The van der Waals surface area contributed by atoms with Crippen molar-refractivity contribution in [2.24, 2.45) is 82.9 Å². The molecule has 2 aromatic rings. The molecule has 0 saturated heterocycles. The molecule has 9 aliphatic carbocycles. The SMILES string of the molecule is COc1ccc(C(C)(C)c2ccc(OC(C)=O)cc2)cc1.CSC1CC2CC1C1CC(SCCC(=O)OCC3CC4CC3C3CC(COC(=O)CCSC5CC6CC5C5CC(SC(C)=O)CC65)CC43)CC21. The van der Waals surface area contributed by atoms with Crippen LogP contribution in [0.4, 0.5) is 0 Å². The lowest BCUT2D eigenvalue weighted by molar-refractivity contribution is -0.145. The minimum atomic E-state index is -0.308. The fourth-order valence-electron chi connectivity index (χ4n) is 16.9. The van der Waals surface area contributed by atoms with Gasteiger partial charge in [-0.3, -0.25) is 19.2 Å². The smallest absolute Gasteiger partial charge is 0.308 e. The van der Waals surface area contributed by atoms with Crippen LogP contribution in [0.1, 0.15) is 129 Å². The van der Waals surface area contributed by atoms with E-state index in [9.17, 15) is 19.2 Å². The maximum Gasteiger partial charge on any atom is 0.308 e. The summed E-state index contributed by atoms with van der Waals surface area (Å²) < 4.78 is 22.1. The number of esters is 3. The highest BCUT2D eigenvalue weighted by atomic mass is 32.2. The van der Waals surface area contributed by atoms with Gasteiger partial charge in [0.25, 0.3) is 0 Å². The predicted octanol–water partition coefficient (Wildman–Crippen LogP) is 12.8. The second-order valence-corrected chi connectivity index (χ2v) is 29.3. The van der Waals surface area contributed by atoms with E-state index in [1.165, 1.54) is 89.5 Å². The van der Waals surface area contributed by atoms with Crippen molar-refractivity contribution < 1.29 is 38.1 Å². The van der Waals surface area contributed by atoms with Crippen molar-refractivity contribution in [3.63, 3.8) is 0 Å². The van der Waals surface area contributed by atoms with Gasteiger partial charge in [0.2, 0.25) is 0 Å². The fourth-order valence-corrected chi connectivity index (χ4v) is 22.0. The number of methoxy groups -OCH3 is 1. The van der Waals surface area contributed by atoms with E-state index in [2.05, 4.69) is 55.8 Å². The molecule has 0 aliphatic heterocycles. The van der Waals surface area contributed by atoms with Gasteiger partial charge in [-0.1, -0.05) is 49.9 Å². The molecule has 2 aromatic carbocycles. The normalized spacial score (nSPS) is 37.5. The molecule has 9 fully saturated rings. The number of fused-ring (bicyclic) bond motifs is 15. The van der Waals surface area contributed by atoms with Crippen LogP contribution < -0.4 is 9.47 Å². The Kier molecular flexibility index (Phi) is 16.5. The Labute approximate surface area is 441 Å². The lowest BCUT2D eigenvalue weighted by Gasteiger charge is -2.31. The Balaban J connectivity index is 0.000000233. The Morgan fingerprint density at radius 1 is 0.549 bits per heavy atom. The molecule has 18 atom stereocenters. The number of rotatable bonds is 18. The molecule has 0 spiro atoms. The van der Waals surface area contributed by atoms with Gasteiger partial charge in [-0.05, 0) is 202 Å². The molecule has 0 amide bonds. The highest BCUT2D eigenvalue weighted by molar-refractivity contribution is 8.14. The summed E-state index contributed by atoms with van der Waals surface area (Å²) in [4.78, 5) is 48.1. The van der Waals surface area contributed by atoms with Gasteiger partial charge in [-0.2, -0.15) is 35.3 Å². The van der Waals surface area contributed by atoms with Gasteiger partial charge in [-0.15, -0.1) is 0 Å². The van der Waals surface area contributed by atoms with Crippen LogP contribution in [0.25, 0.3) is 0 Å². The fraction of sp³-hybridized carbons (Fsp3) is 0.729. The molecule has 11 rings (SSSR count). The predicted molar refractivity (Wildman–Crippen MR) is 290 cm³/mol. The summed E-state index contributed by atoms with van der Waals surface area (Å²) in [5.41, 5.74) is 2.22. The molecule has 0 aromatic heterocycles. The molecule has 8 nitrogen and oxygen atoms in total. The Morgan fingerprint density at radius 3 is 1.69 bits per heavy atom. The summed E-state index contributed by atoms with van der Waals surface area (Å²) in [6.45, 7) is 8.66. The molecule has 388 valence electrons.